The summed E-state index contributed by atoms with van der Waals surface area (Å²) in [5.74, 6) is 1.61. The van der Waals surface area contributed by atoms with Crippen molar-refractivity contribution in [2.75, 3.05) is 14.2 Å². The highest BCUT2D eigenvalue weighted by atomic mass is 19.1. The highest BCUT2D eigenvalue weighted by molar-refractivity contribution is 5.72. The van der Waals surface area contributed by atoms with Crippen LogP contribution in [-0.4, -0.2) is 14.2 Å². The van der Waals surface area contributed by atoms with E-state index in [9.17, 15) is 4.39 Å². The lowest BCUT2D eigenvalue weighted by molar-refractivity contribution is 0.382. The molecule has 0 N–H and O–H groups in total. The van der Waals surface area contributed by atoms with Crippen LogP contribution in [-0.2, 0) is 0 Å². The summed E-state index contributed by atoms with van der Waals surface area (Å²) >= 11 is 0. The average Bonchev–Trinajstić information content (AvgIpc) is 2.52. The first-order valence-corrected chi connectivity index (χ1v) is 7.25. The molecule has 0 spiro atoms. The van der Waals surface area contributed by atoms with E-state index in [0.717, 1.165) is 22.6 Å². The van der Waals surface area contributed by atoms with E-state index >= 15 is 0 Å². The van der Waals surface area contributed by atoms with Crippen LogP contribution >= 0.6 is 0 Å². The Morgan fingerprint density at radius 1 is 0.955 bits per heavy atom. The minimum absolute atomic E-state index is 0.239. The van der Waals surface area contributed by atoms with Gasteiger partial charge in [0.15, 0.2) is 0 Å². The van der Waals surface area contributed by atoms with E-state index in [1.165, 1.54) is 6.07 Å². The van der Waals surface area contributed by atoms with Crippen LogP contribution in [0.1, 0.15) is 36.5 Å². The van der Waals surface area contributed by atoms with Gasteiger partial charge in [-0.25, -0.2) is 4.39 Å². The summed E-state index contributed by atoms with van der Waals surface area (Å²) < 4.78 is 24.6. The third-order valence-electron chi connectivity index (χ3n) is 3.50. The molecule has 0 bridgehead atoms. The van der Waals surface area contributed by atoms with Crippen molar-refractivity contribution < 1.29 is 13.9 Å². The molecule has 0 saturated heterocycles. The van der Waals surface area contributed by atoms with Crippen LogP contribution in [0.2, 0.25) is 0 Å². The van der Waals surface area contributed by atoms with Crippen LogP contribution in [0.15, 0.2) is 36.4 Å². The molecule has 0 amide bonds. The molecular formula is C19H21FO2. The van der Waals surface area contributed by atoms with E-state index in [4.69, 9.17) is 9.47 Å². The molecule has 0 atom stereocenters. The van der Waals surface area contributed by atoms with E-state index in [1.807, 2.05) is 24.3 Å². The summed E-state index contributed by atoms with van der Waals surface area (Å²) in [5, 5.41) is 0. The molecule has 116 valence electrons. The van der Waals surface area contributed by atoms with E-state index in [-0.39, 0.29) is 11.7 Å². The lowest BCUT2D eigenvalue weighted by Gasteiger charge is -2.17. The first kappa shape index (κ1) is 16.1. The number of methoxy groups -OCH3 is 2. The van der Waals surface area contributed by atoms with E-state index in [0.29, 0.717) is 5.56 Å². The standard InChI is InChI=1S/C19H21FO2/c1-13(2)19-17(21-3)11-14(12-18(19)22-4)9-10-15-7-5-6-8-16(15)20/h5-13H,1-4H3/b10-9+. The fourth-order valence-electron chi connectivity index (χ4n) is 2.42. The van der Waals surface area contributed by atoms with Crippen LogP contribution < -0.4 is 9.47 Å². The third-order valence-corrected chi connectivity index (χ3v) is 3.50. The SMILES string of the molecule is COc1cc(/C=C/c2ccccc2F)cc(OC)c1C(C)C. The van der Waals surface area contributed by atoms with Crippen LogP contribution in [0, 0.1) is 5.82 Å². The highest BCUT2D eigenvalue weighted by Crippen LogP contribution is 2.36. The summed E-state index contributed by atoms with van der Waals surface area (Å²) in [6.07, 6.45) is 3.60. The second-order valence-corrected chi connectivity index (χ2v) is 5.35. The molecular weight excluding hydrogens is 279 g/mol. The van der Waals surface area contributed by atoms with Crippen molar-refractivity contribution in [2.45, 2.75) is 19.8 Å². The zero-order chi connectivity index (χ0) is 16.1. The third kappa shape index (κ3) is 3.48. The predicted molar refractivity (Wildman–Crippen MR) is 89.0 cm³/mol. The molecule has 2 nitrogen and oxygen atoms in total. The quantitative estimate of drug-likeness (QED) is 0.712. The van der Waals surface area contributed by atoms with Gasteiger partial charge >= 0.3 is 0 Å². The summed E-state index contributed by atoms with van der Waals surface area (Å²) in [5.41, 5.74) is 2.49. The Bertz CT molecular complexity index is 650. The minimum atomic E-state index is -0.239. The van der Waals surface area contributed by atoms with Gasteiger partial charge in [-0.3, -0.25) is 0 Å². The second-order valence-electron chi connectivity index (χ2n) is 5.35. The predicted octanol–water partition coefficient (Wildman–Crippen LogP) is 5.14. The lowest BCUT2D eigenvalue weighted by atomic mass is 9.98. The highest BCUT2D eigenvalue weighted by Gasteiger charge is 2.14. The molecule has 0 aromatic heterocycles. The first-order valence-electron chi connectivity index (χ1n) is 7.25. The Hall–Kier alpha value is -2.29. The van der Waals surface area contributed by atoms with Gasteiger partial charge in [0.1, 0.15) is 17.3 Å². The number of halogens is 1. The van der Waals surface area contributed by atoms with Crippen LogP contribution in [0.5, 0.6) is 11.5 Å². The van der Waals surface area contributed by atoms with Crippen molar-refractivity contribution >= 4 is 12.2 Å². The van der Waals surface area contributed by atoms with Gasteiger partial charge in [-0.1, -0.05) is 44.2 Å². The van der Waals surface area contributed by atoms with Gasteiger partial charge < -0.3 is 9.47 Å². The Labute approximate surface area is 131 Å². The van der Waals surface area contributed by atoms with Crippen molar-refractivity contribution in [1.29, 1.82) is 0 Å². The van der Waals surface area contributed by atoms with Crippen molar-refractivity contribution in [3.05, 3.63) is 58.9 Å². The number of benzene rings is 2. The topological polar surface area (TPSA) is 18.5 Å². The summed E-state index contributed by atoms with van der Waals surface area (Å²) in [6, 6.07) is 10.6. The molecule has 0 heterocycles. The number of hydrogen-bond donors (Lipinski definition) is 0. The summed E-state index contributed by atoms with van der Waals surface area (Å²) in [4.78, 5) is 0. The van der Waals surface area contributed by atoms with Crippen molar-refractivity contribution in [1.82, 2.24) is 0 Å². The molecule has 2 aromatic rings. The number of rotatable bonds is 5. The molecule has 3 heteroatoms. The van der Waals surface area contributed by atoms with Gasteiger partial charge in [0.25, 0.3) is 0 Å². The molecule has 2 aromatic carbocycles. The monoisotopic (exact) mass is 300 g/mol. The van der Waals surface area contributed by atoms with E-state index in [2.05, 4.69) is 13.8 Å². The molecule has 0 aliphatic heterocycles. The Morgan fingerprint density at radius 3 is 2.05 bits per heavy atom. The van der Waals surface area contributed by atoms with Crippen LogP contribution in [0.25, 0.3) is 12.2 Å². The van der Waals surface area contributed by atoms with Gasteiger partial charge in [0.05, 0.1) is 14.2 Å². The molecule has 0 unspecified atom stereocenters. The van der Waals surface area contributed by atoms with E-state index < -0.39 is 0 Å². The Morgan fingerprint density at radius 2 is 1.55 bits per heavy atom. The first-order chi connectivity index (χ1) is 10.6. The van der Waals surface area contributed by atoms with Gasteiger partial charge in [0, 0.05) is 11.1 Å². The molecule has 0 aliphatic rings. The summed E-state index contributed by atoms with van der Waals surface area (Å²) in [6.45, 7) is 4.18. The number of hydrogen-bond acceptors (Lipinski definition) is 2. The molecule has 2 rings (SSSR count). The molecule has 0 saturated carbocycles. The molecule has 0 fully saturated rings. The Kier molecular flexibility index (Phi) is 5.21. The molecule has 0 aliphatic carbocycles. The maximum absolute atomic E-state index is 13.7. The van der Waals surface area contributed by atoms with Gasteiger partial charge in [-0.2, -0.15) is 0 Å². The second kappa shape index (κ2) is 7.12. The smallest absolute Gasteiger partial charge is 0.130 e. The van der Waals surface area contributed by atoms with Crippen molar-refractivity contribution in [3.8, 4) is 11.5 Å². The van der Waals surface area contributed by atoms with Crippen LogP contribution in [0.4, 0.5) is 4.39 Å². The van der Waals surface area contributed by atoms with E-state index in [1.54, 1.807) is 32.4 Å². The Balaban J connectivity index is 2.42. The minimum Gasteiger partial charge on any atom is -0.496 e. The largest absolute Gasteiger partial charge is 0.496 e. The molecule has 0 radical (unpaired) electrons. The number of ether oxygens (including phenoxy) is 2. The van der Waals surface area contributed by atoms with Crippen LogP contribution in [0.3, 0.4) is 0 Å². The fourth-order valence-corrected chi connectivity index (χ4v) is 2.42. The zero-order valence-corrected chi connectivity index (χ0v) is 13.4. The summed E-state index contributed by atoms with van der Waals surface area (Å²) in [7, 11) is 3.29. The van der Waals surface area contributed by atoms with Crippen molar-refractivity contribution in [3.63, 3.8) is 0 Å². The molecule has 22 heavy (non-hydrogen) atoms. The average molecular weight is 300 g/mol. The zero-order valence-electron chi connectivity index (χ0n) is 13.4. The van der Waals surface area contributed by atoms with Gasteiger partial charge in [-0.05, 0) is 29.7 Å². The normalized spacial score (nSPS) is 11.2. The lowest BCUT2D eigenvalue weighted by Crippen LogP contribution is -1.99. The van der Waals surface area contributed by atoms with Gasteiger partial charge in [-0.15, -0.1) is 0 Å². The maximum Gasteiger partial charge on any atom is 0.130 e. The fraction of sp³-hybridized carbons (Fsp3) is 0.263. The van der Waals surface area contributed by atoms with Gasteiger partial charge in [0.2, 0.25) is 0 Å². The maximum atomic E-state index is 13.7. The van der Waals surface area contributed by atoms with Crippen molar-refractivity contribution in [2.24, 2.45) is 0 Å².